The number of carbonyl (C=O) groups is 1. The minimum atomic E-state index is -0.929. The number of aliphatic carboxylic acids is 1. The molecule has 0 fully saturated rings. The second-order valence-electron chi connectivity index (χ2n) is 3.66. The number of carboxylic acids is 1. The second-order valence-corrected chi connectivity index (χ2v) is 4.58. The zero-order chi connectivity index (χ0) is 12.1. The van der Waals surface area contributed by atoms with Gasteiger partial charge in [-0.3, -0.25) is 4.90 Å². The molecule has 1 aromatic rings. The average Bonchev–Trinajstić information content (AvgIpc) is 2.17. The van der Waals surface area contributed by atoms with Crippen molar-refractivity contribution in [1.82, 2.24) is 4.90 Å². The molecule has 1 rings (SSSR count). The van der Waals surface area contributed by atoms with Gasteiger partial charge in [-0.2, -0.15) is 0 Å². The molecule has 1 unspecified atom stereocenters. The molecule has 3 nitrogen and oxygen atoms in total. The van der Waals surface area contributed by atoms with Crippen LogP contribution in [0.25, 0.3) is 0 Å². The molecule has 0 heterocycles. The summed E-state index contributed by atoms with van der Waals surface area (Å²) in [5.41, 5.74) is 1.05. The number of nitrogens with zero attached hydrogens (tertiary/aromatic N) is 1. The van der Waals surface area contributed by atoms with Gasteiger partial charge in [0, 0.05) is 10.5 Å². The van der Waals surface area contributed by atoms with Crippen LogP contribution in [-0.2, 0) is 4.79 Å². The molecule has 0 spiro atoms. The van der Waals surface area contributed by atoms with E-state index in [2.05, 4.69) is 15.9 Å². The Labute approximate surface area is 104 Å². The molecule has 4 heteroatoms. The summed E-state index contributed by atoms with van der Waals surface area (Å²) >= 11 is 3.40. The first-order valence-corrected chi connectivity index (χ1v) is 5.63. The van der Waals surface area contributed by atoms with E-state index in [0.717, 1.165) is 10.0 Å². The Hall–Kier alpha value is -1.13. The molecule has 86 valence electrons. The van der Waals surface area contributed by atoms with Gasteiger partial charge in [0.15, 0.2) is 0 Å². The standard InChI is InChI=1S/C12H14BrNO2/c1-14(2)11(6-7-12(15)16)9-4-3-5-10(13)8-9/h3-8,11H,1-2H3,(H,15,16)/b7-6+. The van der Waals surface area contributed by atoms with Gasteiger partial charge >= 0.3 is 5.97 Å². The predicted molar refractivity (Wildman–Crippen MR) is 67.3 cm³/mol. The first-order chi connectivity index (χ1) is 7.50. The maximum atomic E-state index is 10.5. The number of likely N-dealkylation sites (N-methyl/N-ethyl adjacent to an activating group) is 1. The molecule has 0 radical (unpaired) electrons. The summed E-state index contributed by atoms with van der Waals surface area (Å²) < 4.78 is 0.987. The van der Waals surface area contributed by atoms with Crippen molar-refractivity contribution >= 4 is 21.9 Å². The van der Waals surface area contributed by atoms with Crippen molar-refractivity contribution in [2.24, 2.45) is 0 Å². The van der Waals surface area contributed by atoms with E-state index < -0.39 is 5.97 Å². The fourth-order valence-electron chi connectivity index (χ4n) is 1.45. The molecule has 0 aliphatic carbocycles. The van der Waals surface area contributed by atoms with Gasteiger partial charge in [0.25, 0.3) is 0 Å². The molecular formula is C12H14BrNO2. The summed E-state index contributed by atoms with van der Waals surface area (Å²) in [5.74, 6) is -0.929. The molecule has 1 atom stereocenters. The van der Waals surface area contributed by atoms with E-state index in [0.29, 0.717) is 0 Å². The summed E-state index contributed by atoms with van der Waals surface area (Å²) in [7, 11) is 3.83. The van der Waals surface area contributed by atoms with E-state index in [9.17, 15) is 4.79 Å². The van der Waals surface area contributed by atoms with Gasteiger partial charge in [0.2, 0.25) is 0 Å². The SMILES string of the molecule is CN(C)C(/C=C/C(=O)O)c1cccc(Br)c1. The van der Waals surface area contributed by atoms with Crippen molar-refractivity contribution in [3.63, 3.8) is 0 Å². The molecule has 0 saturated heterocycles. The predicted octanol–water partition coefficient (Wildman–Crippen LogP) is 2.69. The summed E-state index contributed by atoms with van der Waals surface area (Å²) in [4.78, 5) is 12.5. The zero-order valence-corrected chi connectivity index (χ0v) is 10.8. The lowest BCUT2D eigenvalue weighted by Crippen LogP contribution is -2.18. The molecule has 1 aromatic carbocycles. The number of rotatable bonds is 4. The number of halogens is 1. The monoisotopic (exact) mass is 283 g/mol. The largest absolute Gasteiger partial charge is 0.478 e. The highest BCUT2D eigenvalue weighted by atomic mass is 79.9. The van der Waals surface area contributed by atoms with Crippen LogP contribution >= 0.6 is 15.9 Å². The van der Waals surface area contributed by atoms with E-state index in [1.54, 1.807) is 6.08 Å². The Morgan fingerprint density at radius 2 is 2.19 bits per heavy atom. The highest BCUT2D eigenvalue weighted by Gasteiger charge is 2.10. The molecule has 0 bridgehead atoms. The van der Waals surface area contributed by atoms with Gasteiger partial charge in [-0.25, -0.2) is 4.79 Å². The first-order valence-electron chi connectivity index (χ1n) is 4.83. The van der Waals surface area contributed by atoms with Crippen molar-refractivity contribution in [1.29, 1.82) is 0 Å². The highest BCUT2D eigenvalue weighted by Crippen LogP contribution is 2.22. The van der Waals surface area contributed by atoms with E-state index in [4.69, 9.17) is 5.11 Å². The number of hydrogen-bond donors (Lipinski definition) is 1. The van der Waals surface area contributed by atoms with Gasteiger partial charge in [-0.1, -0.05) is 34.1 Å². The first kappa shape index (κ1) is 12.9. The Morgan fingerprint density at radius 3 is 2.69 bits per heavy atom. The number of benzene rings is 1. The minimum absolute atomic E-state index is 0.0337. The van der Waals surface area contributed by atoms with Gasteiger partial charge in [-0.05, 0) is 31.8 Å². The third-order valence-corrected chi connectivity index (χ3v) is 2.66. The lowest BCUT2D eigenvalue weighted by atomic mass is 10.1. The summed E-state index contributed by atoms with van der Waals surface area (Å²) in [5, 5.41) is 8.63. The Morgan fingerprint density at radius 1 is 1.50 bits per heavy atom. The normalized spacial score (nSPS) is 13.2. The molecule has 0 amide bonds. The molecule has 1 N–H and O–H groups in total. The molecule has 0 aromatic heterocycles. The van der Waals surface area contributed by atoms with Crippen LogP contribution < -0.4 is 0 Å². The fourth-order valence-corrected chi connectivity index (χ4v) is 1.86. The van der Waals surface area contributed by atoms with Gasteiger partial charge in [0.05, 0.1) is 6.04 Å². The Bertz CT molecular complexity index is 402. The highest BCUT2D eigenvalue weighted by molar-refractivity contribution is 9.10. The van der Waals surface area contributed by atoms with Crippen LogP contribution in [0.3, 0.4) is 0 Å². The summed E-state index contributed by atoms with van der Waals surface area (Å²) in [6.07, 6.45) is 2.84. The van der Waals surface area contributed by atoms with Crippen LogP contribution in [0.4, 0.5) is 0 Å². The smallest absolute Gasteiger partial charge is 0.328 e. The summed E-state index contributed by atoms with van der Waals surface area (Å²) in [6, 6.07) is 7.80. The average molecular weight is 284 g/mol. The fraction of sp³-hybridized carbons (Fsp3) is 0.250. The molecular weight excluding hydrogens is 270 g/mol. The molecule has 0 saturated carbocycles. The third-order valence-electron chi connectivity index (χ3n) is 2.17. The quantitative estimate of drug-likeness (QED) is 0.864. The maximum Gasteiger partial charge on any atom is 0.328 e. The second kappa shape index (κ2) is 5.82. The molecule has 16 heavy (non-hydrogen) atoms. The molecule has 0 aliphatic rings. The van der Waals surface area contributed by atoms with E-state index in [1.165, 1.54) is 6.08 Å². The number of hydrogen-bond acceptors (Lipinski definition) is 2. The van der Waals surface area contributed by atoms with Crippen molar-refractivity contribution in [2.75, 3.05) is 14.1 Å². The van der Waals surface area contributed by atoms with Crippen molar-refractivity contribution in [3.05, 3.63) is 46.5 Å². The Balaban J connectivity index is 2.98. The van der Waals surface area contributed by atoms with E-state index in [-0.39, 0.29) is 6.04 Å². The lowest BCUT2D eigenvalue weighted by Gasteiger charge is -2.21. The van der Waals surface area contributed by atoms with Crippen LogP contribution in [0, 0.1) is 0 Å². The van der Waals surface area contributed by atoms with Gasteiger partial charge in [-0.15, -0.1) is 0 Å². The van der Waals surface area contributed by atoms with Crippen LogP contribution in [0.5, 0.6) is 0 Å². The van der Waals surface area contributed by atoms with Crippen LogP contribution in [0.2, 0.25) is 0 Å². The van der Waals surface area contributed by atoms with Crippen LogP contribution in [0.15, 0.2) is 40.9 Å². The summed E-state index contributed by atoms with van der Waals surface area (Å²) in [6.45, 7) is 0. The van der Waals surface area contributed by atoms with Crippen molar-refractivity contribution in [3.8, 4) is 0 Å². The van der Waals surface area contributed by atoms with Gasteiger partial charge in [0.1, 0.15) is 0 Å². The third kappa shape index (κ3) is 3.79. The lowest BCUT2D eigenvalue weighted by molar-refractivity contribution is -0.131. The van der Waals surface area contributed by atoms with Crippen LogP contribution in [-0.4, -0.2) is 30.1 Å². The number of carboxylic acid groups (broad SMARTS) is 1. The zero-order valence-electron chi connectivity index (χ0n) is 9.22. The minimum Gasteiger partial charge on any atom is -0.478 e. The van der Waals surface area contributed by atoms with Crippen molar-refractivity contribution in [2.45, 2.75) is 6.04 Å². The van der Waals surface area contributed by atoms with E-state index >= 15 is 0 Å². The molecule has 0 aliphatic heterocycles. The van der Waals surface area contributed by atoms with Gasteiger partial charge < -0.3 is 5.11 Å². The Kier molecular flexibility index (Phi) is 4.71. The topological polar surface area (TPSA) is 40.5 Å². The maximum absolute atomic E-state index is 10.5. The van der Waals surface area contributed by atoms with Crippen LogP contribution in [0.1, 0.15) is 11.6 Å². The van der Waals surface area contributed by atoms with E-state index in [1.807, 2.05) is 43.3 Å². The van der Waals surface area contributed by atoms with Crippen molar-refractivity contribution < 1.29 is 9.90 Å².